The number of halogens is 2. The summed E-state index contributed by atoms with van der Waals surface area (Å²) < 4.78 is 0. The molecule has 1 aliphatic carbocycles. The van der Waals surface area contributed by atoms with Crippen molar-refractivity contribution in [1.29, 1.82) is 0 Å². The van der Waals surface area contributed by atoms with E-state index in [4.69, 9.17) is 28.3 Å². The second-order valence-corrected chi connectivity index (χ2v) is 6.34. The number of rotatable bonds is 3. The number of carbonyl (C=O) groups excluding carboxylic acids is 1. The summed E-state index contributed by atoms with van der Waals surface area (Å²) in [4.78, 5) is 26.3. The molecule has 1 fully saturated rings. The van der Waals surface area contributed by atoms with Crippen LogP contribution < -0.4 is 5.32 Å². The fraction of sp³-hybridized carbons (Fsp3) is 0.333. The van der Waals surface area contributed by atoms with Crippen molar-refractivity contribution in [1.82, 2.24) is 10.3 Å². The number of hydrogen-bond acceptors (Lipinski definition) is 2. The molecule has 1 aliphatic rings. The normalized spacial score (nSPS) is 21.2. The Kier molecular flexibility index (Phi) is 4.02. The summed E-state index contributed by atoms with van der Waals surface area (Å²) in [6.45, 7) is 0. The van der Waals surface area contributed by atoms with Gasteiger partial charge in [0.25, 0.3) is 5.91 Å². The summed E-state index contributed by atoms with van der Waals surface area (Å²) in [5.74, 6) is -1.52. The molecular formula is C15H14Cl2N2O3. The van der Waals surface area contributed by atoms with E-state index in [9.17, 15) is 9.59 Å². The molecule has 0 unspecified atom stereocenters. The van der Waals surface area contributed by atoms with Crippen LogP contribution in [0.2, 0.25) is 10.0 Å². The number of fused-ring (bicyclic) bond motifs is 1. The van der Waals surface area contributed by atoms with Crippen LogP contribution in [0.5, 0.6) is 0 Å². The Labute approximate surface area is 136 Å². The fourth-order valence-corrected chi connectivity index (χ4v) is 3.34. The number of nitrogens with one attached hydrogen (secondary N) is 2. The highest BCUT2D eigenvalue weighted by Gasteiger charge is 2.31. The van der Waals surface area contributed by atoms with Gasteiger partial charge in [0.05, 0.1) is 10.9 Å². The zero-order valence-electron chi connectivity index (χ0n) is 11.5. The average molecular weight is 341 g/mol. The maximum Gasteiger partial charge on any atom is 0.306 e. The van der Waals surface area contributed by atoms with E-state index < -0.39 is 5.97 Å². The van der Waals surface area contributed by atoms with Crippen molar-refractivity contribution < 1.29 is 14.7 Å². The van der Waals surface area contributed by atoms with Crippen molar-refractivity contribution in [3.63, 3.8) is 0 Å². The summed E-state index contributed by atoms with van der Waals surface area (Å²) >= 11 is 12.2. The summed E-state index contributed by atoms with van der Waals surface area (Å²) in [6, 6.07) is 5.03. The van der Waals surface area contributed by atoms with E-state index in [2.05, 4.69) is 10.3 Å². The van der Waals surface area contributed by atoms with Crippen molar-refractivity contribution in [3.8, 4) is 0 Å². The lowest BCUT2D eigenvalue weighted by Gasteiger charge is -2.11. The first-order chi connectivity index (χ1) is 10.5. The lowest BCUT2D eigenvalue weighted by Crippen LogP contribution is -2.33. The quantitative estimate of drug-likeness (QED) is 0.800. The molecule has 0 radical (unpaired) electrons. The number of H-pyrrole nitrogens is 1. The standard InChI is InChI=1S/C15H14Cl2N2O3/c16-8-2-4-11-10(6-8)12(17)13(19-11)14(20)18-9-3-1-7(5-9)15(21)22/h2,4,6-7,9,19H,1,3,5H2,(H,18,20)(H,21,22)/t7-,9+/m0/s1. The molecule has 1 amide bonds. The van der Waals surface area contributed by atoms with E-state index in [1.807, 2.05) is 0 Å². The van der Waals surface area contributed by atoms with E-state index in [1.54, 1.807) is 18.2 Å². The molecule has 2 aromatic rings. The molecule has 22 heavy (non-hydrogen) atoms. The van der Waals surface area contributed by atoms with Gasteiger partial charge in [-0.15, -0.1) is 0 Å². The Morgan fingerprint density at radius 3 is 2.73 bits per heavy atom. The van der Waals surface area contributed by atoms with E-state index in [0.717, 1.165) is 5.52 Å². The van der Waals surface area contributed by atoms with Crippen molar-refractivity contribution in [2.75, 3.05) is 0 Å². The number of aromatic nitrogens is 1. The minimum absolute atomic E-state index is 0.139. The van der Waals surface area contributed by atoms with Gasteiger partial charge in [0.1, 0.15) is 5.69 Å². The molecule has 0 aliphatic heterocycles. The van der Waals surface area contributed by atoms with Gasteiger partial charge >= 0.3 is 5.97 Å². The molecule has 3 N–H and O–H groups in total. The smallest absolute Gasteiger partial charge is 0.306 e. The number of carbonyl (C=O) groups is 2. The van der Waals surface area contributed by atoms with Crippen LogP contribution in [0.25, 0.3) is 10.9 Å². The number of carboxylic acids is 1. The van der Waals surface area contributed by atoms with Crippen LogP contribution in [0.1, 0.15) is 29.8 Å². The molecule has 5 nitrogen and oxygen atoms in total. The number of amides is 1. The lowest BCUT2D eigenvalue weighted by atomic mass is 10.1. The van der Waals surface area contributed by atoms with Crippen LogP contribution in [-0.4, -0.2) is 28.0 Å². The van der Waals surface area contributed by atoms with Gasteiger partial charge < -0.3 is 15.4 Å². The van der Waals surface area contributed by atoms with Crippen LogP contribution in [0, 0.1) is 5.92 Å². The maximum absolute atomic E-state index is 12.3. The largest absolute Gasteiger partial charge is 0.481 e. The predicted octanol–water partition coefficient (Wildman–Crippen LogP) is 3.46. The Balaban J connectivity index is 1.78. The highest BCUT2D eigenvalue weighted by atomic mass is 35.5. The average Bonchev–Trinajstić information content (AvgIpc) is 3.05. The van der Waals surface area contributed by atoms with Crippen molar-refractivity contribution in [2.24, 2.45) is 5.92 Å². The second-order valence-electron chi connectivity index (χ2n) is 5.52. The first kappa shape index (κ1) is 15.2. The van der Waals surface area contributed by atoms with Crippen LogP contribution >= 0.6 is 23.2 Å². The van der Waals surface area contributed by atoms with Gasteiger partial charge in [-0.3, -0.25) is 9.59 Å². The molecule has 1 aromatic heterocycles. The Morgan fingerprint density at radius 2 is 2.05 bits per heavy atom. The second kappa shape index (κ2) is 5.82. The summed E-state index contributed by atoms with van der Waals surface area (Å²) in [7, 11) is 0. The first-order valence-corrected chi connectivity index (χ1v) is 7.71. The molecular weight excluding hydrogens is 327 g/mol. The van der Waals surface area contributed by atoms with Gasteiger partial charge in [-0.1, -0.05) is 23.2 Å². The minimum atomic E-state index is -0.810. The van der Waals surface area contributed by atoms with Gasteiger partial charge in [-0.25, -0.2) is 0 Å². The molecule has 1 saturated carbocycles. The molecule has 1 aromatic carbocycles. The molecule has 0 bridgehead atoms. The fourth-order valence-electron chi connectivity index (χ4n) is 2.88. The first-order valence-electron chi connectivity index (χ1n) is 6.96. The number of carboxylic acid groups (broad SMARTS) is 1. The van der Waals surface area contributed by atoms with E-state index >= 15 is 0 Å². The minimum Gasteiger partial charge on any atom is -0.481 e. The third-order valence-electron chi connectivity index (χ3n) is 4.04. The molecule has 2 atom stereocenters. The molecule has 0 spiro atoms. The molecule has 7 heteroatoms. The maximum atomic E-state index is 12.3. The van der Waals surface area contributed by atoms with Gasteiger partial charge in [0.2, 0.25) is 0 Å². The number of hydrogen-bond donors (Lipinski definition) is 3. The molecule has 116 valence electrons. The SMILES string of the molecule is O=C(N[C@@H]1CC[C@H](C(=O)O)C1)c1[nH]c2ccc(Cl)cc2c1Cl. The third-order valence-corrected chi connectivity index (χ3v) is 4.67. The number of aliphatic carboxylic acids is 1. The van der Waals surface area contributed by atoms with Crippen molar-refractivity contribution >= 4 is 46.0 Å². The topological polar surface area (TPSA) is 82.2 Å². The van der Waals surface area contributed by atoms with Gasteiger partial charge in [-0.2, -0.15) is 0 Å². The van der Waals surface area contributed by atoms with E-state index in [1.165, 1.54) is 0 Å². The summed E-state index contributed by atoms with van der Waals surface area (Å²) in [6.07, 6.45) is 1.69. The lowest BCUT2D eigenvalue weighted by molar-refractivity contribution is -0.141. The Morgan fingerprint density at radius 1 is 1.27 bits per heavy atom. The highest BCUT2D eigenvalue weighted by molar-refractivity contribution is 6.39. The van der Waals surface area contributed by atoms with E-state index in [-0.39, 0.29) is 23.6 Å². The molecule has 3 rings (SSSR count). The predicted molar refractivity (Wildman–Crippen MR) is 84.5 cm³/mol. The number of aromatic amines is 1. The Hall–Kier alpha value is -1.72. The third kappa shape index (κ3) is 2.78. The van der Waals surface area contributed by atoms with Gasteiger partial charge in [-0.05, 0) is 37.5 Å². The number of benzene rings is 1. The van der Waals surface area contributed by atoms with Crippen molar-refractivity contribution in [2.45, 2.75) is 25.3 Å². The summed E-state index contributed by atoms with van der Waals surface area (Å²) in [5.41, 5.74) is 1.01. The zero-order valence-corrected chi connectivity index (χ0v) is 13.0. The highest BCUT2D eigenvalue weighted by Crippen LogP contribution is 2.30. The van der Waals surface area contributed by atoms with Gasteiger partial charge in [0, 0.05) is 22.0 Å². The van der Waals surface area contributed by atoms with Gasteiger partial charge in [0.15, 0.2) is 0 Å². The van der Waals surface area contributed by atoms with Crippen LogP contribution in [0.3, 0.4) is 0 Å². The van der Waals surface area contributed by atoms with Crippen LogP contribution in [0.15, 0.2) is 18.2 Å². The van der Waals surface area contributed by atoms with Crippen LogP contribution in [-0.2, 0) is 4.79 Å². The monoisotopic (exact) mass is 340 g/mol. The van der Waals surface area contributed by atoms with E-state index in [0.29, 0.717) is 34.7 Å². The van der Waals surface area contributed by atoms with Crippen molar-refractivity contribution in [3.05, 3.63) is 33.9 Å². The molecule has 1 heterocycles. The summed E-state index contributed by atoms with van der Waals surface area (Å²) in [5, 5.41) is 13.4. The van der Waals surface area contributed by atoms with Crippen LogP contribution in [0.4, 0.5) is 0 Å². The zero-order chi connectivity index (χ0) is 15.9. The molecule has 0 saturated heterocycles. The Bertz CT molecular complexity index is 757.